The summed E-state index contributed by atoms with van der Waals surface area (Å²) in [6.45, 7) is 1.22. The molecule has 0 bridgehead atoms. The lowest BCUT2D eigenvalue weighted by Gasteiger charge is -2.12. The predicted octanol–water partition coefficient (Wildman–Crippen LogP) is 1.35. The molecule has 6 nitrogen and oxygen atoms in total. The lowest BCUT2D eigenvalue weighted by atomic mass is 10.2. The molecule has 0 atom stereocenters. The van der Waals surface area contributed by atoms with Crippen LogP contribution in [0.3, 0.4) is 0 Å². The Balaban J connectivity index is 2.50. The van der Waals surface area contributed by atoms with E-state index < -0.39 is 5.91 Å². The van der Waals surface area contributed by atoms with E-state index in [1.54, 1.807) is 18.2 Å². The molecule has 1 rings (SSSR count). The minimum atomic E-state index is -0.419. The van der Waals surface area contributed by atoms with Crippen molar-refractivity contribution in [3.63, 3.8) is 0 Å². The van der Waals surface area contributed by atoms with Gasteiger partial charge in [-0.15, -0.1) is 0 Å². The van der Waals surface area contributed by atoms with Crippen LogP contribution < -0.4 is 15.4 Å². The first-order valence-corrected chi connectivity index (χ1v) is 6.85. The molecule has 21 heavy (non-hydrogen) atoms. The number of methoxy groups -OCH3 is 1. The van der Waals surface area contributed by atoms with Gasteiger partial charge < -0.3 is 20.3 Å². The van der Waals surface area contributed by atoms with Gasteiger partial charge in [-0.05, 0) is 32.3 Å². The number of nitrogens with one attached hydrogen (secondary N) is 2. The second-order valence-corrected chi connectivity index (χ2v) is 5.16. The van der Waals surface area contributed by atoms with Gasteiger partial charge in [-0.1, -0.05) is 11.6 Å². The second kappa shape index (κ2) is 8.49. The van der Waals surface area contributed by atoms with Crippen LogP contribution in [0.4, 0.5) is 5.69 Å². The van der Waals surface area contributed by atoms with E-state index in [1.165, 1.54) is 7.11 Å². The molecule has 2 amide bonds. The Morgan fingerprint density at radius 2 is 2.00 bits per heavy atom. The Kier molecular flexibility index (Phi) is 6.98. The van der Waals surface area contributed by atoms with E-state index >= 15 is 0 Å². The number of anilines is 1. The molecular weight excluding hydrogens is 294 g/mol. The van der Waals surface area contributed by atoms with Crippen molar-refractivity contribution in [1.82, 2.24) is 10.2 Å². The van der Waals surface area contributed by atoms with Crippen molar-refractivity contribution in [2.75, 3.05) is 39.6 Å². The summed E-state index contributed by atoms with van der Waals surface area (Å²) in [5.74, 6) is -0.256. The van der Waals surface area contributed by atoms with Gasteiger partial charge in [-0.25, -0.2) is 0 Å². The Hall–Kier alpha value is -1.79. The summed E-state index contributed by atoms with van der Waals surface area (Å²) < 4.78 is 5.12. The van der Waals surface area contributed by atoms with Gasteiger partial charge in [0.25, 0.3) is 0 Å². The van der Waals surface area contributed by atoms with Gasteiger partial charge >= 0.3 is 0 Å². The maximum Gasteiger partial charge on any atom is 0.233 e. The number of carbonyl (C=O) groups excluding carboxylic acids is 2. The lowest BCUT2D eigenvalue weighted by Crippen LogP contribution is -2.33. The largest absolute Gasteiger partial charge is 0.495 e. The highest BCUT2D eigenvalue weighted by atomic mass is 35.5. The van der Waals surface area contributed by atoms with E-state index in [2.05, 4.69) is 10.6 Å². The molecule has 0 fully saturated rings. The van der Waals surface area contributed by atoms with Crippen LogP contribution in [0.15, 0.2) is 18.2 Å². The fourth-order valence-corrected chi connectivity index (χ4v) is 1.77. The highest BCUT2D eigenvalue weighted by Crippen LogP contribution is 2.27. The number of rotatable bonds is 7. The van der Waals surface area contributed by atoms with E-state index in [4.69, 9.17) is 16.3 Å². The van der Waals surface area contributed by atoms with E-state index in [1.807, 2.05) is 19.0 Å². The highest BCUT2D eigenvalue weighted by Gasteiger charge is 2.12. The molecule has 0 radical (unpaired) electrons. The molecular formula is C14H20ClN3O3. The minimum Gasteiger partial charge on any atom is -0.495 e. The fraction of sp³-hybridized carbons (Fsp3) is 0.429. The lowest BCUT2D eigenvalue weighted by molar-refractivity contribution is -0.126. The molecule has 0 aliphatic carbocycles. The van der Waals surface area contributed by atoms with Crippen molar-refractivity contribution < 1.29 is 14.3 Å². The van der Waals surface area contributed by atoms with Gasteiger partial charge in [-0.2, -0.15) is 0 Å². The number of hydrogen-bond donors (Lipinski definition) is 2. The zero-order chi connectivity index (χ0) is 15.8. The fourth-order valence-electron chi connectivity index (χ4n) is 1.60. The molecule has 0 aliphatic rings. The van der Waals surface area contributed by atoms with Crippen LogP contribution in [0.1, 0.15) is 6.42 Å². The summed E-state index contributed by atoms with van der Waals surface area (Å²) in [7, 11) is 5.31. The molecule has 1 aromatic carbocycles. The highest BCUT2D eigenvalue weighted by molar-refractivity contribution is 6.31. The van der Waals surface area contributed by atoms with E-state index in [9.17, 15) is 9.59 Å². The van der Waals surface area contributed by atoms with Gasteiger partial charge in [-0.3, -0.25) is 9.59 Å². The second-order valence-electron chi connectivity index (χ2n) is 4.72. The number of benzene rings is 1. The normalized spacial score (nSPS) is 10.3. The Morgan fingerprint density at radius 1 is 1.29 bits per heavy atom. The molecule has 116 valence electrons. The molecule has 0 saturated carbocycles. The SMILES string of the molecule is COc1ccc(Cl)cc1NC(=O)CC(=O)NCCN(C)C. The molecule has 0 saturated heterocycles. The maximum absolute atomic E-state index is 11.8. The number of halogens is 1. The minimum absolute atomic E-state index is 0.247. The van der Waals surface area contributed by atoms with Crippen LogP contribution in [0.5, 0.6) is 5.75 Å². The van der Waals surface area contributed by atoms with E-state index in [0.717, 1.165) is 6.54 Å². The Morgan fingerprint density at radius 3 is 2.62 bits per heavy atom. The number of hydrogen-bond acceptors (Lipinski definition) is 4. The van der Waals surface area contributed by atoms with Crippen LogP contribution in [0.25, 0.3) is 0 Å². The molecule has 0 aliphatic heterocycles. The number of likely N-dealkylation sites (N-methyl/N-ethyl adjacent to an activating group) is 1. The van der Waals surface area contributed by atoms with Crippen molar-refractivity contribution in [2.24, 2.45) is 0 Å². The molecule has 0 unspecified atom stereocenters. The molecule has 1 aromatic rings. The topological polar surface area (TPSA) is 70.7 Å². The quantitative estimate of drug-likeness (QED) is 0.746. The van der Waals surface area contributed by atoms with Crippen molar-refractivity contribution in [3.05, 3.63) is 23.2 Å². The Labute approximate surface area is 129 Å². The van der Waals surface area contributed by atoms with E-state index in [0.29, 0.717) is 23.0 Å². The first-order chi connectivity index (χ1) is 9.92. The summed E-state index contributed by atoms with van der Waals surface area (Å²) in [6, 6.07) is 4.88. The Bertz CT molecular complexity index is 506. The van der Waals surface area contributed by atoms with Gasteiger partial charge in [0.15, 0.2) is 0 Å². The van der Waals surface area contributed by atoms with Gasteiger partial charge in [0.1, 0.15) is 12.2 Å². The zero-order valence-electron chi connectivity index (χ0n) is 12.4. The average molecular weight is 314 g/mol. The molecule has 2 N–H and O–H groups in total. The standard InChI is InChI=1S/C14H20ClN3O3/c1-18(2)7-6-16-13(19)9-14(20)17-11-8-10(15)4-5-12(11)21-3/h4-5,8H,6-7,9H2,1-3H3,(H,16,19)(H,17,20). The molecule has 7 heteroatoms. The summed E-state index contributed by atoms with van der Waals surface area (Å²) >= 11 is 5.87. The van der Waals surface area contributed by atoms with Crippen LogP contribution in [0.2, 0.25) is 5.02 Å². The van der Waals surface area contributed by atoms with Crippen LogP contribution >= 0.6 is 11.6 Å². The van der Waals surface area contributed by atoms with Crippen molar-refractivity contribution in [2.45, 2.75) is 6.42 Å². The van der Waals surface area contributed by atoms with Crippen molar-refractivity contribution >= 4 is 29.1 Å². The molecule has 0 spiro atoms. The van der Waals surface area contributed by atoms with Gasteiger partial charge in [0.2, 0.25) is 11.8 Å². The third-order valence-electron chi connectivity index (χ3n) is 2.64. The maximum atomic E-state index is 11.8. The number of amides is 2. The summed E-state index contributed by atoms with van der Waals surface area (Å²) in [5, 5.41) is 5.76. The predicted molar refractivity (Wildman–Crippen MR) is 82.8 cm³/mol. The van der Waals surface area contributed by atoms with Gasteiger partial charge in [0, 0.05) is 18.1 Å². The van der Waals surface area contributed by atoms with Crippen molar-refractivity contribution in [3.8, 4) is 5.75 Å². The first kappa shape index (κ1) is 17.3. The van der Waals surface area contributed by atoms with E-state index in [-0.39, 0.29) is 12.3 Å². The van der Waals surface area contributed by atoms with Crippen LogP contribution in [-0.2, 0) is 9.59 Å². The van der Waals surface area contributed by atoms with Crippen molar-refractivity contribution in [1.29, 1.82) is 0 Å². The van der Waals surface area contributed by atoms with Crippen LogP contribution in [-0.4, -0.2) is 51.0 Å². The summed E-state index contributed by atoms with van der Waals surface area (Å²) in [6.07, 6.45) is -0.247. The number of ether oxygens (including phenoxy) is 1. The number of carbonyl (C=O) groups is 2. The molecule has 0 heterocycles. The third-order valence-corrected chi connectivity index (χ3v) is 2.87. The average Bonchev–Trinajstić information content (AvgIpc) is 2.38. The number of nitrogens with zero attached hydrogens (tertiary/aromatic N) is 1. The smallest absolute Gasteiger partial charge is 0.233 e. The summed E-state index contributed by atoms with van der Waals surface area (Å²) in [4.78, 5) is 25.4. The summed E-state index contributed by atoms with van der Waals surface area (Å²) in [5.41, 5.74) is 0.441. The van der Waals surface area contributed by atoms with Crippen LogP contribution in [0, 0.1) is 0 Å². The third kappa shape index (κ3) is 6.46. The zero-order valence-corrected chi connectivity index (χ0v) is 13.2. The molecule has 0 aromatic heterocycles. The first-order valence-electron chi connectivity index (χ1n) is 6.47. The monoisotopic (exact) mass is 313 g/mol. The van der Waals surface area contributed by atoms with Gasteiger partial charge in [0.05, 0.1) is 12.8 Å².